The molecule has 12 heteroatoms. The summed E-state index contributed by atoms with van der Waals surface area (Å²) in [5, 5.41) is 11.2. The van der Waals surface area contributed by atoms with Gasteiger partial charge >= 0.3 is 15.6 Å². The zero-order valence-electron chi connectivity index (χ0n) is 15.2. The van der Waals surface area contributed by atoms with Crippen molar-refractivity contribution in [3.63, 3.8) is 0 Å². The van der Waals surface area contributed by atoms with Crippen LogP contribution in [0.2, 0.25) is 0 Å². The van der Waals surface area contributed by atoms with Gasteiger partial charge in [-0.25, -0.2) is 4.39 Å². The Morgan fingerprint density at radius 2 is 1.83 bits per heavy atom. The lowest BCUT2D eigenvalue weighted by Crippen LogP contribution is -2.32. The number of nitriles is 1. The lowest BCUT2D eigenvalue weighted by molar-refractivity contribution is -0.131. The van der Waals surface area contributed by atoms with Crippen molar-refractivity contribution in [2.45, 2.75) is 18.2 Å². The molecule has 0 spiro atoms. The number of hydrogen-bond acceptors (Lipinski definition) is 6. The second kappa shape index (κ2) is 9.10. The summed E-state index contributed by atoms with van der Waals surface area (Å²) < 4.78 is 83.7. The molecular weight excluding hydrogens is 432 g/mol. The number of halogens is 4. The number of alkyl halides is 3. The first-order chi connectivity index (χ1) is 14.0. The third-order valence-corrected chi connectivity index (χ3v) is 4.75. The molecule has 0 saturated carbocycles. The molecule has 0 bridgehead atoms. The minimum absolute atomic E-state index is 0.0735. The minimum atomic E-state index is -6.10. The Kier molecular flexibility index (Phi) is 7.01. The Hall–Kier alpha value is -3.17. The number of methoxy groups -OCH3 is 1. The van der Waals surface area contributed by atoms with Gasteiger partial charge in [-0.05, 0) is 29.8 Å². The van der Waals surface area contributed by atoms with Crippen molar-refractivity contribution in [2.75, 3.05) is 7.11 Å². The van der Waals surface area contributed by atoms with Crippen molar-refractivity contribution in [1.29, 1.82) is 5.26 Å². The van der Waals surface area contributed by atoms with E-state index < -0.39 is 44.8 Å². The van der Waals surface area contributed by atoms with E-state index in [9.17, 15) is 30.8 Å². The number of rotatable bonds is 7. The molecule has 2 aromatic carbocycles. The van der Waals surface area contributed by atoms with Gasteiger partial charge in [-0.2, -0.15) is 26.9 Å². The first-order valence-corrected chi connectivity index (χ1v) is 9.49. The molecule has 0 aromatic heterocycles. The number of hydrogen-bond donors (Lipinski definition) is 1. The van der Waals surface area contributed by atoms with E-state index >= 15 is 0 Å². The van der Waals surface area contributed by atoms with Crippen molar-refractivity contribution in [2.24, 2.45) is 0 Å². The van der Waals surface area contributed by atoms with Crippen LogP contribution in [-0.2, 0) is 26.2 Å². The molecule has 160 valence electrons. The van der Waals surface area contributed by atoms with Gasteiger partial charge in [0.25, 0.3) is 5.91 Å². The van der Waals surface area contributed by atoms with E-state index in [1.54, 1.807) is 12.1 Å². The molecule has 30 heavy (non-hydrogen) atoms. The van der Waals surface area contributed by atoms with Gasteiger partial charge in [-0.3, -0.25) is 4.79 Å². The monoisotopic (exact) mass is 446 g/mol. The zero-order chi connectivity index (χ0) is 22.5. The molecule has 0 heterocycles. The van der Waals surface area contributed by atoms with Gasteiger partial charge in [-0.15, -0.1) is 0 Å². The lowest BCUT2D eigenvalue weighted by atomic mass is 10.1. The van der Waals surface area contributed by atoms with Gasteiger partial charge in [0.05, 0.1) is 17.2 Å². The number of nitrogens with zero attached hydrogens (tertiary/aromatic N) is 1. The Morgan fingerprint density at radius 1 is 1.20 bits per heavy atom. The van der Waals surface area contributed by atoms with E-state index in [1.165, 1.54) is 12.1 Å². The Bertz CT molecular complexity index is 1060. The summed E-state index contributed by atoms with van der Waals surface area (Å²) in [5.74, 6) is -3.20. The first kappa shape index (κ1) is 23.1. The molecule has 0 radical (unpaired) electrons. The van der Waals surface area contributed by atoms with E-state index in [-0.39, 0.29) is 6.54 Å². The Labute approximate surface area is 169 Å². The number of amides is 1. The average Bonchev–Trinajstić information content (AvgIpc) is 2.68. The van der Waals surface area contributed by atoms with Crippen LogP contribution in [0, 0.1) is 17.1 Å². The van der Waals surface area contributed by atoms with Crippen LogP contribution in [0.1, 0.15) is 22.8 Å². The molecule has 2 rings (SSSR count). The lowest BCUT2D eigenvalue weighted by Gasteiger charge is -2.20. The molecule has 1 atom stereocenters. The van der Waals surface area contributed by atoms with Crippen LogP contribution in [-0.4, -0.2) is 26.9 Å². The zero-order valence-corrected chi connectivity index (χ0v) is 16.1. The number of carbonyl (C=O) groups is 1. The molecule has 0 aliphatic heterocycles. The highest BCUT2D eigenvalue weighted by Crippen LogP contribution is 2.34. The smallest absolute Gasteiger partial charge is 0.376 e. The van der Waals surface area contributed by atoms with Crippen LogP contribution in [0.25, 0.3) is 0 Å². The molecule has 0 aliphatic carbocycles. The van der Waals surface area contributed by atoms with Crippen molar-refractivity contribution in [3.05, 3.63) is 65.0 Å². The van der Waals surface area contributed by atoms with Gasteiger partial charge in [0.15, 0.2) is 11.9 Å². The second-order valence-electron chi connectivity index (χ2n) is 5.78. The van der Waals surface area contributed by atoms with Gasteiger partial charge in [0.1, 0.15) is 5.82 Å². The number of carbonyl (C=O) groups excluding carboxylic acids is 1. The van der Waals surface area contributed by atoms with Gasteiger partial charge in [0, 0.05) is 13.7 Å². The number of ether oxygens (including phenoxy) is 1. The molecule has 1 N–H and O–H groups in total. The predicted octanol–water partition coefficient (Wildman–Crippen LogP) is 2.93. The van der Waals surface area contributed by atoms with Crippen LogP contribution in [0.15, 0.2) is 42.5 Å². The van der Waals surface area contributed by atoms with Crippen LogP contribution in [0.5, 0.6) is 5.75 Å². The summed E-state index contributed by atoms with van der Waals surface area (Å²) in [6, 6.07) is 10.5. The molecule has 1 amide bonds. The van der Waals surface area contributed by atoms with Crippen molar-refractivity contribution in [3.8, 4) is 11.8 Å². The average molecular weight is 446 g/mol. The van der Waals surface area contributed by atoms with Crippen LogP contribution < -0.4 is 9.50 Å². The maximum atomic E-state index is 14.3. The fraction of sp³-hybridized carbons (Fsp3) is 0.222. The number of benzene rings is 2. The van der Waals surface area contributed by atoms with Crippen molar-refractivity contribution in [1.82, 2.24) is 5.32 Å². The SMILES string of the molecule is COC(C(=O)NCc1ccc(C#N)cc1)c1c(F)cccc1OS(=O)(=O)C(F)(F)F. The standard InChI is InChI=1S/C18H14F4N2O5S/c1-28-16(17(25)24-10-12-7-5-11(9-23)6-8-12)15-13(19)3-2-4-14(15)29-30(26,27)18(20,21)22/h2-8,16H,10H2,1H3,(H,24,25). The molecule has 0 saturated heterocycles. The topological polar surface area (TPSA) is 105 Å². The van der Waals surface area contributed by atoms with Crippen molar-refractivity contribution >= 4 is 16.0 Å². The van der Waals surface area contributed by atoms with Crippen LogP contribution in [0.4, 0.5) is 17.6 Å². The van der Waals surface area contributed by atoms with E-state index in [0.29, 0.717) is 11.1 Å². The predicted molar refractivity (Wildman–Crippen MR) is 94.8 cm³/mol. The van der Waals surface area contributed by atoms with E-state index in [1.807, 2.05) is 6.07 Å². The first-order valence-electron chi connectivity index (χ1n) is 8.09. The molecule has 0 aliphatic rings. The molecule has 1 unspecified atom stereocenters. The van der Waals surface area contributed by atoms with Crippen molar-refractivity contribution < 1.29 is 39.7 Å². The summed E-state index contributed by atoms with van der Waals surface area (Å²) in [7, 11) is -5.11. The Balaban J connectivity index is 2.28. The highest BCUT2D eigenvalue weighted by atomic mass is 32.2. The molecular formula is C18H14F4N2O5S. The van der Waals surface area contributed by atoms with E-state index in [0.717, 1.165) is 25.3 Å². The summed E-state index contributed by atoms with van der Waals surface area (Å²) in [5.41, 5.74) is -5.61. The molecule has 7 nitrogen and oxygen atoms in total. The highest BCUT2D eigenvalue weighted by molar-refractivity contribution is 7.88. The van der Waals surface area contributed by atoms with Gasteiger partial charge in [0.2, 0.25) is 0 Å². The molecule has 2 aromatic rings. The normalized spacial score (nSPS) is 12.7. The van der Waals surface area contributed by atoms with E-state index in [2.05, 4.69) is 9.50 Å². The third-order valence-electron chi connectivity index (χ3n) is 3.78. The second-order valence-corrected chi connectivity index (χ2v) is 7.31. The number of nitrogens with one attached hydrogen (secondary N) is 1. The largest absolute Gasteiger partial charge is 0.534 e. The summed E-state index contributed by atoms with van der Waals surface area (Å²) >= 11 is 0. The Morgan fingerprint density at radius 3 is 2.37 bits per heavy atom. The third kappa shape index (κ3) is 5.25. The highest BCUT2D eigenvalue weighted by Gasteiger charge is 2.49. The fourth-order valence-electron chi connectivity index (χ4n) is 2.34. The van der Waals surface area contributed by atoms with Crippen LogP contribution in [0.3, 0.4) is 0 Å². The van der Waals surface area contributed by atoms with Crippen LogP contribution >= 0.6 is 0 Å². The molecule has 0 fully saturated rings. The summed E-state index contributed by atoms with van der Waals surface area (Å²) in [6.45, 7) is -0.0735. The maximum Gasteiger partial charge on any atom is 0.534 e. The summed E-state index contributed by atoms with van der Waals surface area (Å²) in [4.78, 5) is 12.5. The van der Waals surface area contributed by atoms with E-state index in [4.69, 9.17) is 10.00 Å². The maximum absolute atomic E-state index is 14.3. The van der Waals surface area contributed by atoms with Gasteiger partial charge in [-0.1, -0.05) is 18.2 Å². The van der Waals surface area contributed by atoms with Gasteiger partial charge < -0.3 is 14.2 Å². The quantitative estimate of drug-likeness (QED) is 0.398. The fourth-order valence-corrected chi connectivity index (χ4v) is 2.82. The minimum Gasteiger partial charge on any atom is -0.376 e. The summed E-state index contributed by atoms with van der Waals surface area (Å²) in [6.07, 6.45) is -1.80.